The summed E-state index contributed by atoms with van der Waals surface area (Å²) in [4.78, 5) is 4.29. The van der Waals surface area contributed by atoms with E-state index < -0.39 is 0 Å². The van der Waals surface area contributed by atoms with Crippen LogP contribution in [-0.2, 0) is 0 Å². The molecule has 1 aromatic rings. The predicted octanol–water partition coefficient (Wildman–Crippen LogP) is 4.01. The van der Waals surface area contributed by atoms with Crippen LogP contribution in [0.2, 0.25) is 0 Å². The molecule has 2 rings (SSSR count). The lowest BCUT2D eigenvalue weighted by molar-refractivity contribution is 1.28. The molecule has 1 aromatic heterocycles. The van der Waals surface area contributed by atoms with Crippen molar-refractivity contribution in [1.29, 1.82) is 0 Å². The summed E-state index contributed by atoms with van der Waals surface area (Å²) in [6.45, 7) is 4.00. The van der Waals surface area contributed by atoms with Gasteiger partial charge in [-0.25, -0.2) is 0 Å². The molecule has 1 heterocycles. The van der Waals surface area contributed by atoms with Crippen LogP contribution < -0.4 is 0 Å². The van der Waals surface area contributed by atoms with Crippen LogP contribution in [0, 0.1) is 0 Å². The number of aromatic nitrogens is 1. The first kappa shape index (κ1) is 11.4. The van der Waals surface area contributed by atoms with E-state index in [1.807, 2.05) is 38.2 Å². The van der Waals surface area contributed by atoms with Crippen molar-refractivity contribution >= 4 is 5.57 Å². The molecule has 0 radical (unpaired) electrons. The lowest BCUT2D eigenvalue weighted by Gasteiger charge is -1.98. The molecule has 0 aromatic carbocycles. The van der Waals surface area contributed by atoms with E-state index in [0.29, 0.717) is 0 Å². The second-order valence-electron chi connectivity index (χ2n) is 2.90. The van der Waals surface area contributed by atoms with E-state index in [0.717, 1.165) is 12.1 Å². The Morgan fingerprint density at radius 3 is 2.73 bits per heavy atom. The standard InChI is InChI=1S/C12H11N.C2H6/c1-2-4-8-11(7-3-1)12-9-5-6-10-13-12;1-2/h1,3-10H,2H2;1-2H3. The molecular weight excluding hydrogens is 182 g/mol. The van der Waals surface area contributed by atoms with E-state index in [2.05, 4.69) is 35.4 Å². The van der Waals surface area contributed by atoms with Gasteiger partial charge in [0.05, 0.1) is 5.69 Å². The molecular formula is C14H17N. The van der Waals surface area contributed by atoms with Gasteiger partial charge >= 0.3 is 0 Å². The highest BCUT2D eigenvalue weighted by atomic mass is 14.7. The van der Waals surface area contributed by atoms with Gasteiger partial charge in [-0.05, 0) is 24.1 Å². The minimum atomic E-state index is 1.01. The lowest BCUT2D eigenvalue weighted by atomic mass is 10.1. The zero-order chi connectivity index (χ0) is 10.9. The minimum Gasteiger partial charge on any atom is -0.256 e. The van der Waals surface area contributed by atoms with Crippen molar-refractivity contribution in [3.63, 3.8) is 0 Å². The largest absolute Gasteiger partial charge is 0.256 e. The third-order valence-electron chi connectivity index (χ3n) is 1.94. The van der Waals surface area contributed by atoms with Gasteiger partial charge in [-0.3, -0.25) is 4.98 Å². The second kappa shape index (κ2) is 6.77. The van der Waals surface area contributed by atoms with Gasteiger partial charge in [0.15, 0.2) is 0 Å². The van der Waals surface area contributed by atoms with Crippen molar-refractivity contribution < 1.29 is 0 Å². The smallest absolute Gasteiger partial charge is 0.0701 e. The van der Waals surface area contributed by atoms with Crippen molar-refractivity contribution in [1.82, 2.24) is 4.98 Å². The average Bonchev–Trinajstić information content (AvgIpc) is 2.61. The van der Waals surface area contributed by atoms with Gasteiger partial charge in [0.1, 0.15) is 0 Å². The fraction of sp³-hybridized carbons (Fsp3) is 0.214. The first-order chi connectivity index (χ1) is 7.47. The van der Waals surface area contributed by atoms with Gasteiger partial charge in [-0.2, -0.15) is 0 Å². The third kappa shape index (κ3) is 3.55. The quantitative estimate of drug-likeness (QED) is 0.666. The Kier molecular flexibility index (Phi) is 5.16. The minimum absolute atomic E-state index is 1.01. The van der Waals surface area contributed by atoms with Crippen LogP contribution in [0.15, 0.2) is 54.8 Å². The van der Waals surface area contributed by atoms with Crippen molar-refractivity contribution in [2.75, 3.05) is 0 Å². The van der Waals surface area contributed by atoms with Gasteiger partial charge < -0.3 is 0 Å². The number of nitrogens with zero attached hydrogens (tertiary/aromatic N) is 1. The molecule has 78 valence electrons. The topological polar surface area (TPSA) is 12.9 Å². The van der Waals surface area contributed by atoms with E-state index in [1.165, 1.54) is 5.57 Å². The van der Waals surface area contributed by atoms with E-state index in [1.54, 1.807) is 0 Å². The van der Waals surface area contributed by atoms with Crippen LogP contribution in [0.4, 0.5) is 0 Å². The summed E-state index contributed by atoms with van der Waals surface area (Å²) < 4.78 is 0. The normalized spacial score (nSPS) is 13.6. The highest BCUT2D eigenvalue weighted by molar-refractivity contribution is 5.73. The van der Waals surface area contributed by atoms with E-state index >= 15 is 0 Å². The van der Waals surface area contributed by atoms with Crippen molar-refractivity contribution in [3.05, 3.63) is 60.5 Å². The molecule has 1 heteroatoms. The lowest BCUT2D eigenvalue weighted by Crippen LogP contribution is -1.83. The maximum atomic E-state index is 4.29. The number of hydrogen-bond donors (Lipinski definition) is 0. The molecule has 0 saturated carbocycles. The van der Waals surface area contributed by atoms with Crippen LogP contribution in [0.5, 0.6) is 0 Å². The average molecular weight is 199 g/mol. The van der Waals surface area contributed by atoms with E-state index in [-0.39, 0.29) is 0 Å². The number of rotatable bonds is 1. The number of pyridine rings is 1. The predicted molar refractivity (Wildman–Crippen MR) is 66.5 cm³/mol. The molecule has 0 spiro atoms. The first-order valence-corrected chi connectivity index (χ1v) is 5.41. The van der Waals surface area contributed by atoms with Gasteiger partial charge in [0.2, 0.25) is 0 Å². The zero-order valence-corrected chi connectivity index (χ0v) is 9.35. The van der Waals surface area contributed by atoms with Crippen LogP contribution in [0.25, 0.3) is 5.57 Å². The van der Waals surface area contributed by atoms with Crippen molar-refractivity contribution in [3.8, 4) is 0 Å². The van der Waals surface area contributed by atoms with Crippen molar-refractivity contribution in [2.24, 2.45) is 0 Å². The Labute approximate surface area is 91.9 Å². The zero-order valence-electron chi connectivity index (χ0n) is 9.35. The number of hydrogen-bond acceptors (Lipinski definition) is 1. The molecule has 15 heavy (non-hydrogen) atoms. The van der Waals surface area contributed by atoms with Crippen LogP contribution in [0.1, 0.15) is 26.0 Å². The fourth-order valence-corrected chi connectivity index (χ4v) is 1.28. The van der Waals surface area contributed by atoms with Gasteiger partial charge in [-0.15, -0.1) is 0 Å². The van der Waals surface area contributed by atoms with Gasteiger partial charge in [0, 0.05) is 6.20 Å². The highest BCUT2D eigenvalue weighted by Gasteiger charge is 1.97. The van der Waals surface area contributed by atoms with Gasteiger partial charge in [-0.1, -0.05) is 50.3 Å². The SMILES string of the molecule is C1=CCC=CC(c2ccccn2)=C1.CC. The highest BCUT2D eigenvalue weighted by Crippen LogP contribution is 2.15. The Balaban J connectivity index is 0.000000531. The second-order valence-corrected chi connectivity index (χ2v) is 2.90. The molecule has 0 amide bonds. The summed E-state index contributed by atoms with van der Waals surface area (Å²) in [5, 5.41) is 0. The molecule has 0 unspecified atom stereocenters. The van der Waals surface area contributed by atoms with E-state index in [4.69, 9.17) is 0 Å². The third-order valence-corrected chi connectivity index (χ3v) is 1.94. The summed E-state index contributed by atoms with van der Waals surface area (Å²) in [5.41, 5.74) is 2.21. The Bertz CT molecular complexity index is 358. The molecule has 1 aliphatic rings. The van der Waals surface area contributed by atoms with Crippen LogP contribution >= 0.6 is 0 Å². The molecule has 0 fully saturated rings. The maximum Gasteiger partial charge on any atom is 0.0701 e. The monoisotopic (exact) mass is 199 g/mol. The molecule has 0 atom stereocenters. The summed E-state index contributed by atoms with van der Waals surface area (Å²) in [7, 11) is 0. The molecule has 1 nitrogen and oxygen atoms in total. The summed E-state index contributed by atoms with van der Waals surface area (Å²) in [6, 6.07) is 5.96. The first-order valence-electron chi connectivity index (χ1n) is 5.41. The summed E-state index contributed by atoms with van der Waals surface area (Å²) in [6.07, 6.45) is 13.4. The molecule has 0 bridgehead atoms. The van der Waals surface area contributed by atoms with Crippen LogP contribution in [0.3, 0.4) is 0 Å². The molecule has 0 saturated heterocycles. The molecule has 1 aliphatic carbocycles. The Morgan fingerprint density at radius 1 is 1.13 bits per heavy atom. The maximum absolute atomic E-state index is 4.29. The Hall–Kier alpha value is -1.63. The molecule has 0 aliphatic heterocycles. The molecule has 0 N–H and O–H groups in total. The fourth-order valence-electron chi connectivity index (χ4n) is 1.28. The Morgan fingerprint density at radius 2 is 2.00 bits per heavy atom. The summed E-state index contributed by atoms with van der Waals surface area (Å²) >= 11 is 0. The van der Waals surface area contributed by atoms with Crippen molar-refractivity contribution in [2.45, 2.75) is 20.3 Å². The van der Waals surface area contributed by atoms with Crippen LogP contribution in [-0.4, -0.2) is 4.98 Å². The summed E-state index contributed by atoms with van der Waals surface area (Å²) in [5.74, 6) is 0. The number of allylic oxidation sites excluding steroid dienone is 6. The van der Waals surface area contributed by atoms with Gasteiger partial charge in [0.25, 0.3) is 0 Å². The van der Waals surface area contributed by atoms with E-state index in [9.17, 15) is 0 Å².